The van der Waals surface area contributed by atoms with E-state index in [-0.39, 0.29) is 23.9 Å². The van der Waals surface area contributed by atoms with Gasteiger partial charge in [-0.05, 0) is 65.3 Å². The van der Waals surface area contributed by atoms with Gasteiger partial charge in [-0.15, -0.1) is 0 Å². The zero-order valence-corrected chi connectivity index (χ0v) is 30.1. The van der Waals surface area contributed by atoms with Gasteiger partial charge in [-0.1, -0.05) is 36.4 Å². The van der Waals surface area contributed by atoms with Crippen molar-refractivity contribution in [1.82, 2.24) is 19.5 Å². The summed E-state index contributed by atoms with van der Waals surface area (Å²) in [4.78, 5) is 35.8. The van der Waals surface area contributed by atoms with E-state index in [1.165, 1.54) is 26.1 Å². The Bertz CT molecular complexity index is 2000. The van der Waals surface area contributed by atoms with Gasteiger partial charge in [-0.3, -0.25) is 23.2 Å². The standard InChI is InChI=1S/C22H34N5O8P.C10H8O3S/c1-20(2,3)18(30)32-13-35-36(31,34-9-8-21(4,5)17(28)29)14-33-22(6-7-22)11-27-12-25-15-10-24-19(23)26-16(15)27;11-14(12,13)10-7-3-5-8-4-1-2-6-9(8)10/h10,12H,6-9,11,13-14H2,1-5H3,(H,28,29)(H2,23,24,26);1-7H,(H,11,12,13). The molecule has 0 amide bonds. The number of nitrogens with two attached hydrogens (primary N) is 1. The van der Waals surface area contributed by atoms with E-state index in [0.29, 0.717) is 35.9 Å². The third-order valence-electron chi connectivity index (χ3n) is 7.85. The number of carboxylic acids is 1. The van der Waals surface area contributed by atoms with Crippen LogP contribution in [0.4, 0.5) is 5.95 Å². The third kappa shape index (κ3) is 10.3. The fraction of sp³-hybridized carbons (Fsp3) is 0.469. The maximum absolute atomic E-state index is 13.5. The van der Waals surface area contributed by atoms with Crippen LogP contribution in [0.1, 0.15) is 53.9 Å². The number of esters is 1. The van der Waals surface area contributed by atoms with Gasteiger partial charge in [-0.25, -0.2) is 9.97 Å². The first-order valence-electron chi connectivity index (χ1n) is 15.6. The van der Waals surface area contributed by atoms with Gasteiger partial charge in [0.2, 0.25) is 12.7 Å². The number of imidazole rings is 1. The maximum atomic E-state index is 13.5. The Morgan fingerprint density at radius 3 is 2.36 bits per heavy atom. The van der Waals surface area contributed by atoms with E-state index >= 15 is 0 Å². The van der Waals surface area contributed by atoms with Crippen molar-refractivity contribution in [2.45, 2.75) is 70.9 Å². The van der Waals surface area contributed by atoms with Gasteiger partial charge in [-0.2, -0.15) is 13.4 Å². The van der Waals surface area contributed by atoms with E-state index in [1.54, 1.807) is 62.0 Å². The fourth-order valence-electron chi connectivity index (χ4n) is 4.45. The van der Waals surface area contributed by atoms with Gasteiger partial charge < -0.3 is 29.4 Å². The number of benzene rings is 2. The van der Waals surface area contributed by atoms with E-state index in [0.717, 1.165) is 5.39 Å². The first-order valence-corrected chi connectivity index (χ1v) is 18.7. The molecular weight excluding hydrogens is 693 g/mol. The van der Waals surface area contributed by atoms with Crippen LogP contribution in [0.2, 0.25) is 0 Å². The minimum absolute atomic E-state index is 0.0457. The van der Waals surface area contributed by atoms with Crippen LogP contribution in [0.15, 0.2) is 59.9 Å². The first-order chi connectivity index (χ1) is 23.2. The summed E-state index contributed by atoms with van der Waals surface area (Å²) in [5, 5.41) is 10.7. The Labute approximate surface area is 289 Å². The highest BCUT2D eigenvalue weighted by molar-refractivity contribution is 7.86. The molecule has 4 aromatic rings. The average molecular weight is 736 g/mol. The van der Waals surface area contributed by atoms with Gasteiger partial charge in [0.1, 0.15) is 16.8 Å². The molecule has 0 bridgehead atoms. The van der Waals surface area contributed by atoms with Crippen molar-refractivity contribution in [3.05, 3.63) is 55.0 Å². The van der Waals surface area contributed by atoms with Crippen molar-refractivity contribution in [2.75, 3.05) is 25.5 Å². The van der Waals surface area contributed by atoms with Crippen molar-refractivity contribution in [2.24, 2.45) is 10.8 Å². The predicted octanol–water partition coefficient (Wildman–Crippen LogP) is 5.28. The molecule has 2 aromatic heterocycles. The third-order valence-corrected chi connectivity index (χ3v) is 10.3. The summed E-state index contributed by atoms with van der Waals surface area (Å²) < 4.78 is 68.2. The molecule has 2 heterocycles. The van der Waals surface area contributed by atoms with E-state index in [2.05, 4.69) is 15.0 Å². The number of carboxylic acid groups (broad SMARTS) is 1. The van der Waals surface area contributed by atoms with Crippen LogP contribution in [0.25, 0.3) is 21.9 Å². The van der Waals surface area contributed by atoms with Crippen LogP contribution in [-0.2, 0) is 49.3 Å². The van der Waals surface area contributed by atoms with E-state index < -0.39 is 59.2 Å². The number of carbonyl (C=O) groups is 2. The molecular formula is C32H42N5O11PS. The highest BCUT2D eigenvalue weighted by atomic mass is 32.2. The number of aromatic nitrogens is 4. The molecule has 2 aromatic carbocycles. The lowest BCUT2D eigenvalue weighted by atomic mass is 9.90. The van der Waals surface area contributed by atoms with Crippen LogP contribution in [-0.4, -0.2) is 74.9 Å². The normalized spacial score (nSPS) is 15.6. The molecule has 18 heteroatoms. The van der Waals surface area contributed by atoms with Crippen LogP contribution in [0.3, 0.4) is 0 Å². The van der Waals surface area contributed by atoms with Crippen LogP contribution >= 0.6 is 7.60 Å². The lowest BCUT2D eigenvalue weighted by molar-refractivity contribution is -0.160. The van der Waals surface area contributed by atoms with Crippen LogP contribution < -0.4 is 5.73 Å². The van der Waals surface area contributed by atoms with Crippen molar-refractivity contribution in [3.8, 4) is 0 Å². The molecule has 50 heavy (non-hydrogen) atoms. The molecule has 1 aliphatic carbocycles. The summed E-state index contributed by atoms with van der Waals surface area (Å²) in [6.45, 7) is 7.75. The lowest BCUT2D eigenvalue weighted by Crippen LogP contribution is -2.26. The predicted molar refractivity (Wildman–Crippen MR) is 183 cm³/mol. The molecule has 0 aliphatic heterocycles. The first kappa shape index (κ1) is 38.8. The van der Waals surface area contributed by atoms with Gasteiger partial charge in [0.05, 0.1) is 42.1 Å². The number of hydrogen-bond donors (Lipinski definition) is 3. The Morgan fingerprint density at radius 1 is 1.04 bits per heavy atom. The Morgan fingerprint density at radius 2 is 1.72 bits per heavy atom. The number of hydrogen-bond acceptors (Lipinski definition) is 13. The summed E-state index contributed by atoms with van der Waals surface area (Å²) in [6.07, 6.45) is 4.20. The molecule has 1 aliphatic rings. The highest BCUT2D eigenvalue weighted by Gasteiger charge is 2.47. The number of carbonyl (C=O) groups excluding carboxylic acids is 1. The summed E-state index contributed by atoms with van der Waals surface area (Å²) in [6, 6.07) is 11.8. The fourth-order valence-corrected chi connectivity index (χ4v) is 6.41. The topological polar surface area (TPSA) is 232 Å². The number of rotatable bonds is 14. The maximum Gasteiger partial charge on any atom is 0.359 e. The molecule has 0 radical (unpaired) electrons. The second-order valence-corrected chi connectivity index (χ2v) is 16.9. The van der Waals surface area contributed by atoms with Gasteiger partial charge in [0.15, 0.2) is 5.65 Å². The second-order valence-electron chi connectivity index (χ2n) is 13.5. The van der Waals surface area contributed by atoms with Crippen molar-refractivity contribution >= 4 is 57.5 Å². The molecule has 1 unspecified atom stereocenters. The number of ether oxygens (including phenoxy) is 2. The molecule has 1 saturated carbocycles. The molecule has 16 nitrogen and oxygen atoms in total. The lowest BCUT2D eigenvalue weighted by Gasteiger charge is -2.25. The molecule has 1 atom stereocenters. The van der Waals surface area contributed by atoms with E-state index in [9.17, 15) is 27.7 Å². The van der Waals surface area contributed by atoms with E-state index in [1.807, 2.05) is 6.07 Å². The largest absolute Gasteiger partial charge is 0.481 e. The van der Waals surface area contributed by atoms with Gasteiger partial charge >= 0.3 is 19.5 Å². The number of nitrogens with zero attached hydrogens (tertiary/aromatic N) is 4. The zero-order chi connectivity index (χ0) is 37.0. The quantitative estimate of drug-likeness (QED) is 0.0647. The van der Waals surface area contributed by atoms with Crippen molar-refractivity contribution in [1.29, 1.82) is 0 Å². The summed E-state index contributed by atoms with van der Waals surface area (Å²) >= 11 is 0. The van der Waals surface area contributed by atoms with Crippen molar-refractivity contribution < 1.29 is 50.8 Å². The molecule has 5 rings (SSSR count). The van der Waals surface area contributed by atoms with Crippen molar-refractivity contribution in [3.63, 3.8) is 0 Å². The van der Waals surface area contributed by atoms with Crippen LogP contribution in [0.5, 0.6) is 0 Å². The Hall–Kier alpha value is -3.99. The smallest absolute Gasteiger partial charge is 0.359 e. The molecule has 4 N–H and O–H groups in total. The van der Waals surface area contributed by atoms with Crippen LogP contribution in [0, 0.1) is 10.8 Å². The summed E-state index contributed by atoms with van der Waals surface area (Å²) in [7, 11) is -8.04. The Balaban J connectivity index is 0.000000332. The van der Waals surface area contributed by atoms with Gasteiger partial charge in [0.25, 0.3) is 10.1 Å². The monoisotopic (exact) mass is 735 g/mol. The molecule has 0 spiro atoms. The SMILES string of the molecule is CC(C)(C)C(=O)OCOP(=O)(COC1(Cn2cnc3cnc(N)nc32)CC1)OCCC(C)(C)C(=O)O.O=S(=O)(O)c1cccc2ccccc12. The number of aliphatic carboxylic acids is 1. The highest BCUT2D eigenvalue weighted by Crippen LogP contribution is 2.52. The average Bonchev–Trinajstić information content (AvgIpc) is 3.70. The second kappa shape index (κ2) is 15.1. The molecule has 0 saturated heterocycles. The Kier molecular flexibility index (Phi) is 11.7. The number of nitrogen functional groups attached to an aromatic ring is 1. The zero-order valence-electron chi connectivity index (χ0n) is 28.4. The minimum Gasteiger partial charge on any atom is -0.481 e. The van der Waals surface area contributed by atoms with Gasteiger partial charge in [0, 0.05) is 5.39 Å². The van der Waals surface area contributed by atoms with E-state index in [4.69, 9.17) is 28.8 Å². The molecule has 272 valence electrons. The number of fused-ring (bicyclic) bond motifs is 2. The number of anilines is 1. The molecule has 1 fully saturated rings. The minimum atomic E-state index is -4.13. The summed E-state index contributed by atoms with van der Waals surface area (Å²) in [5.41, 5.74) is 4.34. The summed E-state index contributed by atoms with van der Waals surface area (Å²) in [5.74, 6) is -1.42.